The molecule has 1 aromatic rings. The third-order valence-electron chi connectivity index (χ3n) is 4.50. The number of nitrogens with one attached hydrogen (secondary N) is 2. The second-order valence-electron chi connectivity index (χ2n) is 6.86. The van der Waals surface area contributed by atoms with E-state index in [0.29, 0.717) is 11.8 Å². The van der Waals surface area contributed by atoms with Crippen molar-refractivity contribution in [1.82, 2.24) is 10.6 Å². The van der Waals surface area contributed by atoms with Gasteiger partial charge in [0.1, 0.15) is 5.75 Å². The first-order chi connectivity index (χ1) is 11.6. The van der Waals surface area contributed by atoms with Gasteiger partial charge in [0, 0.05) is 45.0 Å². The van der Waals surface area contributed by atoms with Crippen molar-refractivity contribution in [3.63, 3.8) is 0 Å². The van der Waals surface area contributed by atoms with Crippen molar-refractivity contribution >= 4 is 35.6 Å². The molecule has 25 heavy (non-hydrogen) atoms. The van der Waals surface area contributed by atoms with Gasteiger partial charge in [0.15, 0.2) is 5.96 Å². The van der Waals surface area contributed by atoms with Crippen molar-refractivity contribution in [2.45, 2.75) is 26.7 Å². The molecule has 0 amide bonds. The number of guanidine groups is 1. The molecule has 1 unspecified atom stereocenters. The number of methoxy groups -OCH3 is 1. The summed E-state index contributed by atoms with van der Waals surface area (Å²) in [5, 5.41) is 6.86. The molecular weight excluding hydrogens is 427 g/mol. The maximum absolute atomic E-state index is 5.33. The first kappa shape index (κ1) is 21.9. The highest BCUT2D eigenvalue weighted by Crippen LogP contribution is 2.26. The Hall–Kier alpha value is -1.18. The molecular formula is C19H33IN4O. The molecule has 142 valence electrons. The minimum atomic E-state index is 0. The predicted molar refractivity (Wildman–Crippen MR) is 118 cm³/mol. The predicted octanol–water partition coefficient (Wildman–Crippen LogP) is 3.35. The van der Waals surface area contributed by atoms with Crippen molar-refractivity contribution in [2.75, 3.05) is 45.2 Å². The number of rotatable bonds is 7. The van der Waals surface area contributed by atoms with Crippen molar-refractivity contribution in [3.05, 3.63) is 24.3 Å². The summed E-state index contributed by atoms with van der Waals surface area (Å²) >= 11 is 0. The minimum Gasteiger partial charge on any atom is -0.497 e. The van der Waals surface area contributed by atoms with Gasteiger partial charge in [-0.15, -0.1) is 24.0 Å². The van der Waals surface area contributed by atoms with Crippen LogP contribution in [0.2, 0.25) is 0 Å². The Morgan fingerprint density at radius 1 is 1.36 bits per heavy atom. The number of anilines is 1. The van der Waals surface area contributed by atoms with Gasteiger partial charge in [-0.25, -0.2) is 0 Å². The van der Waals surface area contributed by atoms with Crippen molar-refractivity contribution in [3.8, 4) is 5.75 Å². The van der Waals surface area contributed by atoms with Crippen LogP contribution in [-0.2, 0) is 0 Å². The average Bonchev–Trinajstić information content (AvgIpc) is 3.06. The largest absolute Gasteiger partial charge is 0.497 e. The molecule has 0 radical (unpaired) electrons. The molecule has 0 saturated carbocycles. The summed E-state index contributed by atoms with van der Waals surface area (Å²) in [7, 11) is 3.55. The van der Waals surface area contributed by atoms with Gasteiger partial charge in [-0.05, 0) is 36.8 Å². The fourth-order valence-corrected chi connectivity index (χ4v) is 2.98. The number of nitrogens with zero attached hydrogens (tertiary/aromatic N) is 2. The summed E-state index contributed by atoms with van der Waals surface area (Å²) in [5.74, 6) is 3.18. The lowest BCUT2D eigenvalue weighted by Crippen LogP contribution is -2.40. The lowest BCUT2D eigenvalue weighted by molar-refractivity contribution is 0.415. The summed E-state index contributed by atoms with van der Waals surface area (Å²) < 4.78 is 5.33. The van der Waals surface area contributed by atoms with Gasteiger partial charge in [0.05, 0.1) is 7.11 Å². The van der Waals surface area contributed by atoms with E-state index in [9.17, 15) is 0 Å². The Labute approximate surface area is 169 Å². The number of hydrogen-bond donors (Lipinski definition) is 2. The number of aliphatic imine (C=N–C) groups is 1. The van der Waals surface area contributed by atoms with Crippen LogP contribution in [0.15, 0.2) is 29.3 Å². The van der Waals surface area contributed by atoms with Crippen molar-refractivity contribution < 1.29 is 4.74 Å². The van der Waals surface area contributed by atoms with Crippen molar-refractivity contribution in [1.29, 1.82) is 0 Å². The fraction of sp³-hybridized carbons (Fsp3) is 0.632. The van der Waals surface area contributed by atoms with Crippen LogP contribution < -0.4 is 20.3 Å². The van der Waals surface area contributed by atoms with Gasteiger partial charge in [-0.2, -0.15) is 0 Å². The Morgan fingerprint density at radius 3 is 2.84 bits per heavy atom. The summed E-state index contributed by atoms with van der Waals surface area (Å²) in [4.78, 5) is 6.74. The number of hydrogen-bond acceptors (Lipinski definition) is 3. The molecule has 1 aliphatic heterocycles. The van der Waals surface area contributed by atoms with Gasteiger partial charge in [0.2, 0.25) is 0 Å². The summed E-state index contributed by atoms with van der Waals surface area (Å²) in [6.45, 7) is 8.58. The zero-order valence-electron chi connectivity index (χ0n) is 15.9. The monoisotopic (exact) mass is 460 g/mol. The minimum absolute atomic E-state index is 0. The summed E-state index contributed by atoms with van der Waals surface area (Å²) in [6.07, 6.45) is 2.36. The molecule has 6 heteroatoms. The molecule has 0 bridgehead atoms. The molecule has 5 nitrogen and oxygen atoms in total. The molecule has 1 fully saturated rings. The standard InChI is InChI=1S/C19H32N4O.HI/c1-15(2)8-10-21-19(20-3)22-13-16-9-11-23(14-16)17-6-5-7-18(12-17)24-4;/h5-7,12,15-16H,8-11,13-14H2,1-4H3,(H2,20,21,22);1H. The van der Waals surface area contributed by atoms with E-state index in [-0.39, 0.29) is 24.0 Å². The molecule has 1 aliphatic rings. The third kappa shape index (κ3) is 7.30. The van der Waals surface area contributed by atoms with E-state index in [2.05, 4.69) is 52.6 Å². The molecule has 1 aromatic carbocycles. The second kappa shape index (κ2) is 11.4. The van der Waals surface area contributed by atoms with Crippen LogP contribution in [0.25, 0.3) is 0 Å². The van der Waals surface area contributed by atoms with E-state index < -0.39 is 0 Å². The third-order valence-corrected chi connectivity index (χ3v) is 4.50. The van der Waals surface area contributed by atoms with E-state index in [0.717, 1.165) is 44.3 Å². The van der Waals surface area contributed by atoms with E-state index >= 15 is 0 Å². The second-order valence-corrected chi connectivity index (χ2v) is 6.86. The Morgan fingerprint density at radius 2 is 2.16 bits per heavy atom. The van der Waals surface area contributed by atoms with Crippen LogP contribution in [0.1, 0.15) is 26.7 Å². The fourth-order valence-electron chi connectivity index (χ4n) is 2.98. The van der Waals surface area contributed by atoms with Crippen LogP contribution in [0.3, 0.4) is 0 Å². The average molecular weight is 460 g/mol. The van der Waals surface area contributed by atoms with Crippen LogP contribution >= 0.6 is 24.0 Å². The lowest BCUT2D eigenvalue weighted by Gasteiger charge is -2.20. The smallest absolute Gasteiger partial charge is 0.190 e. The Bertz CT molecular complexity index is 536. The topological polar surface area (TPSA) is 48.9 Å². The number of halogens is 1. The maximum Gasteiger partial charge on any atom is 0.190 e. The van der Waals surface area contributed by atoms with E-state index in [1.54, 1.807) is 7.11 Å². The normalized spacial score (nSPS) is 17.4. The van der Waals surface area contributed by atoms with Gasteiger partial charge < -0.3 is 20.3 Å². The quantitative estimate of drug-likeness (QED) is 0.372. The maximum atomic E-state index is 5.33. The van der Waals surface area contributed by atoms with Crippen LogP contribution in [0, 0.1) is 11.8 Å². The highest BCUT2D eigenvalue weighted by Gasteiger charge is 2.23. The van der Waals surface area contributed by atoms with E-state index in [1.807, 2.05) is 13.1 Å². The van der Waals surface area contributed by atoms with Gasteiger partial charge in [-0.3, -0.25) is 4.99 Å². The highest BCUT2D eigenvalue weighted by molar-refractivity contribution is 14.0. The van der Waals surface area contributed by atoms with Gasteiger partial charge in [0.25, 0.3) is 0 Å². The molecule has 2 rings (SSSR count). The van der Waals surface area contributed by atoms with E-state index in [1.165, 1.54) is 12.1 Å². The van der Waals surface area contributed by atoms with Crippen LogP contribution in [0.5, 0.6) is 5.75 Å². The number of ether oxygens (including phenoxy) is 1. The SMILES string of the molecule is CN=C(NCCC(C)C)NCC1CCN(c2cccc(OC)c2)C1.I. The Balaban J connectivity index is 0.00000312. The lowest BCUT2D eigenvalue weighted by atomic mass is 10.1. The zero-order chi connectivity index (χ0) is 17.4. The molecule has 2 N–H and O–H groups in total. The first-order valence-corrected chi connectivity index (χ1v) is 8.96. The molecule has 1 saturated heterocycles. The summed E-state index contributed by atoms with van der Waals surface area (Å²) in [5.41, 5.74) is 1.25. The first-order valence-electron chi connectivity index (χ1n) is 8.96. The van der Waals surface area contributed by atoms with Crippen molar-refractivity contribution in [2.24, 2.45) is 16.8 Å². The summed E-state index contributed by atoms with van der Waals surface area (Å²) in [6, 6.07) is 8.32. The zero-order valence-corrected chi connectivity index (χ0v) is 18.2. The van der Waals surface area contributed by atoms with Gasteiger partial charge in [-0.1, -0.05) is 19.9 Å². The highest BCUT2D eigenvalue weighted by atomic mass is 127. The van der Waals surface area contributed by atoms with Gasteiger partial charge >= 0.3 is 0 Å². The molecule has 0 aromatic heterocycles. The van der Waals surface area contributed by atoms with Crippen LogP contribution in [-0.4, -0.2) is 46.3 Å². The molecule has 1 heterocycles. The molecule has 0 spiro atoms. The van der Waals surface area contributed by atoms with Crippen LogP contribution in [0.4, 0.5) is 5.69 Å². The van der Waals surface area contributed by atoms with E-state index in [4.69, 9.17) is 4.74 Å². The number of benzene rings is 1. The molecule has 1 atom stereocenters. The Kier molecular flexibility index (Phi) is 10.0. The molecule has 0 aliphatic carbocycles.